The maximum Gasteiger partial charge on any atom is 0.321 e. The minimum absolute atomic E-state index is 0.0956. The van der Waals surface area contributed by atoms with Gasteiger partial charge in [-0.2, -0.15) is 0 Å². The second-order valence-electron chi connectivity index (χ2n) is 6.62. The number of rotatable bonds is 3. The molecule has 3 amide bonds. The Hall–Kier alpha value is -2.11. The molecule has 0 spiro atoms. The Bertz CT molecular complexity index is 596. The Morgan fingerprint density at radius 2 is 2.09 bits per heavy atom. The highest BCUT2D eigenvalue weighted by molar-refractivity contribution is 5.96. The van der Waals surface area contributed by atoms with Gasteiger partial charge in [0.05, 0.1) is 5.69 Å². The van der Waals surface area contributed by atoms with E-state index < -0.39 is 5.82 Å². The van der Waals surface area contributed by atoms with Crippen LogP contribution in [0.25, 0.3) is 0 Å². The van der Waals surface area contributed by atoms with Crippen LogP contribution in [0.15, 0.2) is 18.2 Å². The Morgan fingerprint density at radius 3 is 2.64 bits per heavy atom. The van der Waals surface area contributed by atoms with Crippen LogP contribution < -0.4 is 15.5 Å². The Morgan fingerprint density at radius 1 is 1.41 bits per heavy atom. The van der Waals surface area contributed by atoms with Crippen LogP contribution in [-0.2, 0) is 4.79 Å². The molecule has 1 aliphatic rings. The van der Waals surface area contributed by atoms with Crippen molar-refractivity contribution in [2.75, 3.05) is 23.3 Å². The van der Waals surface area contributed by atoms with Gasteiger partial charge in [0.15, 0.2) is 0 Å². The van der Waals surface area contributed by atoms with E-state index in [1.54, 1.807) is 0 Å². The zero-order chi connectivity index (χ0) is 16.5. The molecule has 120 valence electrons. The van der Waals surface area contributed by atoms with Crippen molar-refractivity contribution < 1.29 is 14.0 Å². The predicted octanol–water partition coefficient (Wildman–Crippen LogP) is 2.98. The zero-order valence-corrected chi connectivity index (χ0v) is 13.4. The number of amides is 3. The van der Waals surface area contributed by atoms with E-state index in [-0.39, 0.29) is 29.0 Å². The fraction of sp³-hybridized carbons (Fsp3) is 0.500. The molecule has 0 bridgehead atoms. The zero-order valence-electron chi connectivity index (χ0n) is 13.4. The minimum atomic E-state index is -0.516. The fourth-order valence-electron chi connectivity index (χ4n) is 2.13. The van der Waals surface area contributed by atoms with Crippen molar-refractivity contribution in [3.8, 4) is 0 Å². The number of hydrogen-bond donors (Lipinski definition) is 2. The summed E-state index contributed by atoms with van der Waals surface area (Å²) in [5.41, 5.74) is 0.445. The van der Waals surface area contributed by atoms with E-state index in [0.717, 1.165) is 0 Å². The first kappa shape index (κ1) is 16.3. The van der Waals surface area contributed by atoms with Crippen molar-refractivity contribution in [3.05, 3.63) is 24.0 Å². The van der Waals surface area contributed by atoms with E-state index in [0.29, 0.717) is 18.8 Å². The summed E-state index contributed by atoms with van der Waals surface area (Å²) in [4.78, 5) is 25.4. The number of nitrogens with one attached hydrogen (secondary N) is 2. The lowest BCUT2D eigenvalue weighted by molar-refractivity contribution is -0.122. The third-order valence-electron chi connectivity index (χ3n) is 4.07. The second-order valence-corrected chi connectivity index (χ2v) is 6.62. The van der Waals surface area contributed by atoms with Gasteiger partial charge >= 0.3 is 6.03 Å². The standard InChI is InChI=1S/C16H22FN3O2/c1-10(16(2,3)4)14(21)19-13-9-11(5-6-12(13)17)20-8-7-18-15(20)22/h5-6,9-10H,7-8H2,1-4H3,(H,18,22)(H,19,21)/t10-/m1/s1. The van der Waals surface area contributed by atoms with Gasteiger partial charge in [-0.05, 0) is 23.6 Å². The SMILES string of the molecule is C[C@H](C(=O)Nc1cc(N2CCNC2=O)ccc1F)C(C)(C)C. The number of hydrogen-bond acceptors (Lipinski definition) is 2. The summed E-state index contributed by atoms with van der Waals surface area (Å²) < 4.78 is 13.9. The van der Waals surface area contributed by atoms with Crippen LogP contribution in [0.4, 0.5) is 20.6 Å². The van der Waals surface area contributed by atoms with E-state index in [9.17, 15) is 14.0 Å². The van der Waals surface area contributed by atoms with Crippen molar-refractivity contribution in [1.29, 1.82) is 0 Å². The highest BCUT2D eigenvalue weighted by Gasteiger charge is 2.28. The molecular formula is C16H22FN3O2. The highest BCUT2D eigenvalue weighted by Crippen LogP contribution is 2.28. The van der Waals surface area contributed by atoms with E-state index in [1.165, 1.54) is 23.1 Å². The number of nitrogens with zero attached hydrogens (tertiary/aromatic N) is 1. The number of urea groups is 1. The van der Waals surface area contributed by atoms with Gasteiger partial charge in [0.2, 0.25) is 5.91 Å². The molecular weight excluding hydrogens is 285 g/mol. The first-order chi connectivity index (χ1) is 10.2. The molecule has 0 unspecified atom stereocenters. The van der Waals surface area contributed by atoms with Gasteiger partial charge in [-0.1, -0.05) is 27.7 Å². The van der Waals surface area contributed by atoms with Gasteiger partial charge in [0.1, 0.15) is 5.82 Å². The average Bonchev–Trinajstić information content (AvgIpc) is 2.85. The molecule has 1 atom stereocenters. The summed E-state index contributed by atoms with van der Waals surface area (Å²) in [6.07, 6.45) is 0. The molecule has 1 fully saturated rings. The largest absolute Gasteiger partial charge is 0.336 e. The molecule has 6 heteroatoms. The quantitative estimate of drug-likeness (QED) is 0.902. The monoisotopic (exact) mass is 307 g/mol. The molecule has 0 aromatic heterocycles. The second kappa shape index (κ2) is 5.94. The smallest absolute Gasteiger partial charge is 0.321 e. The molecule has 1 aromatic carbocycles. The van der Waals surface area contributed by atoms with E-state index in [2.05, 4.69) is 10.6 Å². The van der Waals surface area contributed by atoms with Crippen molar-refractivity contribution in [3.63, 3.8) is 0 Å². The summed E-state index contributed by atoms with van der Waals surface area (Å²) in [5.74, 6) is -1.03. The average molecular weight is 307 g/mol. The molecule has 0 saturated carbocycles. The van der Waals surface area contributed by atoms with Gasteiger partial charge in [-0.15, -0.1) is 0 Å². The van der Waals surface area contributed by atoms with Gasteiger partial charge in [-0.3, -0.25) is 9.69 Å². The molecule has 1 saturated heterocycles. The number of carbonyl (C=O) groups excluding carboxylic acids is 2. The summed E-state index contributed by atoms with van der Waals surface area (Å²) in [7, 11) is 0. The predicted molar refractivity (Wildman–Crippen MR) is 84.4 cm³/mol. The summed E-state index contributed by atoms with van der Waals surface area (Å²) in [6.45, 7) is 8.76. The minimum Gasteiger partial charge on any atom is -0.336 e. The molecule has 0 radical (unpaired) electrons. The molecule has 2 rings (SSSR count). The van der Waals surface area contributed by atoms with Crippen molar-refractivity contribution in [1.82, 2.24) is 5.32 Å². The van der Waals surface area contributed by atoms with E-state index in [4.69, 9.17) is 0 Å². The molecule has 5 nitrogen and oxygen atoms in total. The number of carbonyl (C=O) groups is 2. The van der Waals surface area contributed by atoms with Gasteiger partial charge < -0.3 is 10.6 Å². The maximum absolute atomic E-state index is 13.9. The lowest BCUT2D eigenvalue weighted by Gasteiger charge is -2.26. The first-order valence-corrected chi connectivity index (χ1v) is 7.36. The van der Waals surface area contributed by atoms with Crippen molar-refractivity contribution in [2.24, 2.45) is 11.3 Å². The maximum atomic E-state index is 13.9. The van der Waals surface area contributed by atoms with E-state index in [1.807, 2.05) is 27.7 Å². The van der Waals surface area contributed by atoms with Crippen molar-refractivity contribution in [2.45, 2.75) is 27.7 Å². The summed E-state index contributed by atoms with van der Waals surface area (Å²) >= 11 is 0. The molecule has 1 aliphatic heterocycles. The van der Waals surface area contributed by atoms with Gasteiger partial charge in [-0.25, -0.2) is 9.18 Å². The Kier molecular flexibility index (Phi) is 4.39. The lowest BCUT2D eigenvalue weighted by atomic mass is 9.81. The fourth-order valence-corrected chi connectivity index (χ4v) is 2.13. The van der Waals surface area contributed by atoms with Crippen LogP contribution in [0.1, 0.15) is 27.7 Å². The first-order valence-electron chi connectivity index (χ1n) is 7.36. The topological polar surface area (TPSA) is 61.4 Å². The molecule has 0 aliphatic carbocycles. The number of anilines is 2. The highest BCUT2D eigenvalue weighted by atomic mass is 19.1. The number of benzene rings is 1. The van der Waals surface area contributed by atoms with E-state index >= 15 is 0 Å². The third-order valence-corrected chi connectivity index (χ3v) is 4.07. The van der Waals surface area contributed by atoms with Crippen molar-refractivity contribution >= 4 is 23.3 Å². The lowest BCUT2D eigenvalue weighted by Crippen LogP contribution is -2.31. The third kappa shape index (κ3) is 3.37. The Balaban J connectivity index is 2.20. The number of halogens is 1. The molecule has 2 N–H and O–H groups in total. The molecule has 1 heterocycles. The summed E-state index contributed by atoms with van der Waals surface area (Å²) in [5, 5.41) is 5.31. The van der Waals surface area contributed by atoms with Crippen LogP contribution in [0.2, 0.25) is 0 Å². The summed E-state index contributed by atoms with van der Waals surface area (Å²) in [6, 6.07) is 4.07. The van der Waals surface area contributed by atoms with Crippen LogP contribution in [0, 0.1) is 17.2 Å². The van der Waals surface area contributed by atoms with Gasteiger partial charge in [0, 0.05) is 24.7 Å². The van der Waals surface area contributed by atoms with Crippen LogP contribution in [0.3, 0.4) is 0 Å². The van der Waals surface area contributed by atoms with Gasteiger partial charge in [0.25, 0.3) is 0 Å². The molecule has 22 heavy (non-hydrogen) atoms. The van der Waals surface area contributed by atoms with Crippen LogP contribution in [-0.4, -0.2) is 25.0 Å². The van der Waals surface area contributed by atoms with Crippen LogP contribution >= 0.6 is 0 Å². The van der Waals surface area contributed by atoms with Crippen LogP contribution in [0.5, 0.6) is 0 Å². The normalized spacial score (nSPS) is 16.4. The molecule has 1 aromatic rings. The Labute approximate surface area is 129 Å².